The summed E-state index contributed by atoms with van der Waals surface area (Å²) in [6, 6.07) is 9.43. The fourth-order valence-electron chi connectivity index (χ4n) is 1.55. The van der Waals surface area contributed by atoms with Crippen molar-refractivity contribution in [1.82, 2.24) is 0 Å². The van der Waals surface area contributed by atoms with E-state index in [0.717, 1.165) is 5.56 Å². The van der Waals surface area contributed by atoms with Gasteiger partial charge in [-0.1, -0.05) is 52.8 Å². The molecule has 1 rings (SSSR count). The van der Waals surface area contributed by atoms with E-state index in [9.17, 15) is 9.59 Å². The van der Waals surface area contributed by atoms with Crippen LogP contribution in [0.15, 0.2) is 48.6 Å². The average Bonchev–Trinajstić information content (AvgIpc) is 2.46. The lowest BCUT2D eigenvalue weighted by Gasteiger charge is -2.15. The fraction of sp³-hybridized carbons (Fsp3) is 0.250. The Morgan fingerprint density at radius 1 is 1.33 bits per heavy atom. The zero-order valence-electron chi connectivity index (χ0n) is 12.0. The minimum atomic E-state index is -0.879. The molecule has 0 bridgehead atoms. The smallest absolute Gasteiger partial charge is 0.337 e. The van der Waals surface area contributed by atoms with Gasteiger partial charge in [0, 0.05) is 11.4 Å². The number of hydrogen-bond donors (Lipinski definition) is 0. The van der Waals surface area contributed by atoms with Gasteiger partial charge in [-0.15, -0.1) is 0 Å². The lowest BCUT2D eigenvalue weighted by atomic mass is 10.1. The van der Waals surface area contributed by atoms with Crippen molar-refractivity contribution in [2.24, 2.45) is 0 Å². The summed E-state index contributed by atoms with van der Waals surface area (Å²) in [5.74, 6) is -1.09. The third-order valence-electron chi connectivity index (χ3n) is 2.52. The molecule has 0 radical (unpaired) electrons. The summed E-state index contributed by atoms with van der Waals surface area (Å²) in [5, 5.41) is 0. The summed E-state index contributed by atoms with van der Waals surface area (Å²) in [6.45, 7) is 6.86. The highest BCUT2D eigenvalue weighted by Crippen LogP contribution is 2.24. The van der Waals surface area contributed by atoms with Gasteiger partial charge in [0.05, 0.1) is 12.2 Å². The Kier molecular flexibility index (Phi) is 6.88. The molecule has 0 saturated heterocycles. The lowest BCUT2D eigenvalue weighted by molar-refractivity contribution is -0.145. The zero-order valence-corrected chi connectivity index (χ0v) is 13.6. The molecule has 21 heavy (non-hydrogen) atoms. The molecule has 1 atom stereocenters. The first-order valence-electron chi connectivity index (χ1n) is 6.41. The number of esters is 2. The molecule has 0 spiro atoms. The van der Waals surface area contributed by atoms with Crippen LogP contribution in [-0.4, -0.2) is 24.6 Å². The maximum absolute atomic E-state index is 11.7. The number of hydrogen-bond acceptors (Lipinski definition) is 4. The summed E-state index contributed by atoms with van der Waals surface area (Å²) in [7, 11) is 0. The molecule has 0 aliphatic rings. The molecular weight excluding hydrogens is 336 g/mol. The van der Waals surface area contributed by atoms with Crippen molar-refractivity contribution in [2.75, 3.05) is 6.61 Å². The summed E-state index contributed by atoms with van der Waals surface area (Å²) >= 11 is 3.41. The molecule has 4 nitrogen and oxygen atoms in total. The van der Waals surface area contributed by atoms with Crippen LogP contribution in [0.5, 0.6) is 0 Å². The van der Waals surface area contributed by atoms with Crippen molar-refractivity contribution in [3.63, 3.8) is 0 Å². The molecule has 0 fully saturated rings. The van der Waals surface area contributed by atoms with Crippen LogP contribution in [0.2, 0.25) is 0 Å². The van der Waals surface area contributed by atoms with E-state index >= 15 is 0 Å². The first-order chi connectivity index (χ1) is 9.95. The standard InChI is InChI=1S/C16H17BrO4/c1-4-20-16(19)11(2)15(21-12(3)18)10-14(17)13-8-6-5-7-9-13/h5-10,15H,2,4H2,1,3H3/b14-10+. The minimum Gasteiger partial charge on any atom is -0.463 e. The predicted molar refractivity (Wildman–Crippen MR) is 84.7 cm³/mol. The van der Waals surface area contributed by atoms with Crippen LogP contribution in [0.1, 0.15) is 19.4 Å². The highest BCUT2D eigenvalue weighted by Gasteiger charge is 2.21. The van der Waals surface area contributed by atoms with Gasteiger partial charge in [-0.2, -0.15) is 0 Å². The number of carbonyl (C=O) groups excluding carboxylic acids is 2. The van der Waals surface area contributed by atoms with E-state index in [-0.39, 0.29) is 12.2 Å². The third-order valence-corrected chi connectivity index (χ3v) is 3.24. The Labute approximate surface area is 132 Å². The molecule has 0 amide bonds. The van der Waals surface area contributed by atoms with Gasteiger partial charge in [-0.25, -0.2) is 4.79 Å². The number of carbonyl (C=O) groups is 2. The molecular formula is C16H17BrO4. The van der Waals surface area contributed by atoms with E-state index in [1.807, 2.05) is 30.3 Å². The van der Waals surface area contributed by atoms with Gasteiger partial charge in [-0.3, -0.25) is 4.79 Å². The Morgan fingerprint density at radius 2 is 1.95 bits per heavy atom. The van der Waals surface area contributed by atoms with Crippen molar-refractivity contribution in [1.29, 1.82) is 0 Å². The molecule has 1 unspecified atom stereocenters. The first-order valence-corrected chi connectivity index (χ1v) is 7.20. The Bertz CT molecular complexity index is 549. The van der Waals surface area contributed by atoms with Crippen LogP contribution in [0.3, 0.4) is 0 Å². The van der Waals surface area contributed by atoms with E-state index in [4.69, 9.17) is 9.47 Å². The molecule has 1 aromatic rings. The van der Waals surface area contributed by atoms with Gasteiger partial charge in [0.15, 0.2) is 6.10 Å². The summed E-state index contributed by atoms with van der Waals surface area (Å²) in [5.41, 5.74) is 0.964. The van der Waals surface area contributed by atoms with Gasteiger partial charge in [0.2, 0.25) is 0 Å². The quantitative estimate of drug-likeness (QED) is 0.581. The molecule has 0 aromatic heterocycles. The molecule has 0 heterocycles. The molecule has 112 valence electrons. The van der Waals surface area contributed by atoms with Gasteiger partial charge in [-0.05, 0) is 18.6 Å². The topological polar surface area (TPSA) is 52.6 Å². The van der Waals surface area contributed by atoms with E-state index in [2.05, 4.69) is 22.5 Å². The van der Waals surface area contributed by atoms with E-state index in [1.165, 1.54) is 6.92 Å². The SMILES string of the molecule is C=C(C(=O)OCC)C(/C=C(/Br)c1ccccc1)OC(C)=O. The second-order valence-electron chi connectivity index (χ2n) is 4.16. The number of benzene rings is 1. The predicted octanol–water partition coefficient (Wildman–Crippen LogP) is 3.47. The van der Waals surface area contributed by atoms with Crippen molar-refractivity contribution in [3.8, 4) is 0 Å². The molecule has 0 N–H and O–H groups in total. The molecule has 0 saturated carbocycles. The summed E-state index contributed by atoms with van der Waals surface area (Å²) < 4.78 is 10.7. The maximum Gasteiger partial charge on any atom is 0.337 e. The number of halogens is 1. The Balaban J connectivity index is 3.00. The highest BCUT2D eigenvalue weighted by molar-refractivity contribution is 9.15. The Hall–Kier alpha value is -1.88. The van der Waals surface area contributed by atoms with Crippen molar-refractivity contribution >= 4 is 32.4 Å². The van der Waals surface area contributed by atoms with Crippen molar-refractivity contribution < 1.29 is 19.1 Å². The second-order valence-corrected chi connectivity index (χ2v) is 5.01. The average molecular weight is 353 g/mol. The number of rotatable bonds is 6. The highest BCUT2D eigenvalue weighted by atomic mass is 79.9. The van der Waals surface area contributed by atoms with Crippen LogP contribution < -0.4 is 0 Å². The number of ether oxygens (including phenoxy) is 2. The van der Waals surface area contributed by atoms with Crippen molar-refractivity contribution in [3.05, 3.63) is 54.1 Å². The molecule has 1 aromatic carbocycles. The van der Waals surface area contributed by atoms with Gasteiger partial charge >= 0.3 is 11.9 Å². The van der Waals surface area contributed by atoms with Gasteiger partial charge in [0.25, 0.3) is 0 Å². The zero-order chi connectivity index (χ0) is 15.8. The van der Waals surface area contributed by atoms with E-state index in [1.54, 1.807) is 13.0 Å². The van der Waals surface area contributed by atoms with Crippen LogP contribution in [0, 0.1) is 0 Å². The van der Waals surface area contributed by atoms with Crippen LogP contribution >= 0.6 is 15.9 Å². The lowest BCUT2D eigenvalue weighted by Crippen LogP contribution is -2.23. The monoisotopic (exact) mass is 352 g/mol. The second kappa shape index (κ2) is 8.42. The minimum absolute atomic E-state index is 0.0694. The van der Waals surface area contributed by atoms with Gasteiger partial charge < -0.3 is 9.47 Å². The van der Waals surface area contributed by atoms with E-state index < -0.39 is 18.0 Å². The molecule has 5 heteroatoms. The van der Waals surface area contributed by atoms with E-state index in [0.29, 0.717) is 4.48 Å². The first kappa shape index (κ1) is 17.2. The van der Waals surface area contributed by atoms with Crippen LogP contribution in [0.4, 0.5) is 0 Å². The largest absolute Gasteiger partial charge is 0.463 e. The molecule has 0 aliphatic carbocycles. The Morgan fingerprint density at radius 3 is 2.48 bits per heavy atom. The maximum atomic E-state index is 11.7. The normalized spacial score (nSPS) is 12.4. The summed E-state index contributed by atoms with van der Waals surface area (Å²) in [6.07, 6.45) is 0.729. The van der Waals surface area contributed by atoms with Gasteiger partial charge in [0.1, 0.15) is 0 Å². The third kappa shape index (κ3) is 5.55. The van der Waals surface area contributed by atoms with Crippen molar-refractivity contribution in [2.45, 2.75) is 20.0 Å². The fourth-order valence-corrected chi connectivity index (χ4v) is 2.06. The summed E-state index contributed by atoms with van der Waals surface area (Å²) in [4.78, 5) is 22.9. The van der Waals surface area contributed by atoms with Crippen LogP contribution in [0.25, 0.3) is 4.48 Å². The molecule has 0 aliphatic heterocycles. The van der Waals surface area contributed by atoms with Crippen LogP contribution in [-0.2, 0) is 19.1 Å².